The molecule has 0 saturated carbocycles. The van der Waals surface area contributed by atoms with E-state index in [1.54, 1.807) is 20.8 Å². The van der Waals surface area contributed by atoms with Crippen LogP contribution in [0, 0.1) is 0 Å². The number of nitrogens with one attached hydrogen (secondary N) is 3. The number of amides is 4. The molecule has 10 heteroatoms. The number of carbonyl (C=O) groups excluding carboxylic acids is 4. The van der Waals surface area contributed by atoms with Crippen LogP contribution in [0.25, 0.3) is 0 Å². The van der Waals surface area contributed by atoms with Crippen molar-refractivity contribution in [2.75, 3.05) is 24.5 Å². The fourth-order valence-electron chi connectivity index (χ4n) is 5.79. The summed E-state index contributed by atoms with van der Waals surface area (Å²) >= 11 is 0. The molecule has 1 aliphatic heterocycles. The molecule has 1 heterocycles. The predicted molar refractivity (Wildman–Crippen MR) is 187 cm³/mol. The zero-order valence-electron chi connectivity index (χ0n) is 28.3. The Kier molecular flexibility index (Phi) is 13.6. The molecule has 10 nitrogen and oxygen atoms in total. The van der Waals surface area contributed by atoms with E-state index in [0.29, 0.717) is 6.42 Å². The van der Waals surface area contributed by atoms with Crippen molar-refractivity contribution in [3.8, 4) is 0 Å². The quantitative estimate of drug-likeness (QED) is 0.219. The number of ether oxygens (including phenoxy) is 1. The van der Waals surface area contributed by atoms with Crippen molar-refractivity contribution >= 4 is 29.5 Å². The van der Waals surface area contributed by atoms with E-state index in [-0.39, 0.29) is 31.2 Å². The van der Waals surface area contributed by atoms with Crippen LogP contribution in [-0.2, 0) is 32.0 Å². The second-order valence-corrected chi connectivity index (χ2v) is 13.2. The number of hydrogen-bond donors (Lipinski definition) is 3. The predicted octanol–water partition coefficient (Wildman–Crippen LogP) is 5.18. The Morgan fingerprint density at radius 3 is 2.00 bits per heavy atom. The molecule has 48 heavy (non-hydrogen) atoms. The van der Waals surface area contributed by atoms with Gasteiger partial charge < -0.3 is 19.9 Å². The molecule has 256 valence electrons. The number of rotatable bonds is 13. The highest BCUT2D eigenvalue weighted by molar-refractivity contribution is 5.94. The van der Waals surface area contributed by atoms with Crippen LogP contribution in [0.1, 0.15) is 64.0 Å². The number of carbonyl (C=O) groups is 4. The van der Waals surface area contributed by atoms with Gasteiger partial charge in [0.25, 0.3) is 5.91 Å². The first-order chi connectivity index (χ1) is 23.1. The highest BCUT2D eigenvalue weighted by Crippen LogP contribution is 2.25. The smallest absolute Gasteiger partial charge is 0.408 e. The molecule has 3 aromatic carbocycles. The molecular formula is C38H49N5O5. The van der Waals surface area contributed by atoms with E-state index in [0.717, 1.165) is 50.1 Å². The second-order valence-electron chi connectivity index (χ2n) is 13.2. The normalized spacial score (nSPS) is 14.4. The summed E-state index contributed by atoms with van der Waals surface area (Å²) in [5.41, 5.74) is 7.15. The topological polar surface area (TPSA) is 120 Å². The van der Waals surface area contributed by atoms with Crippen molar-refractivity contribution in [3.63, 3.8) is 0 Å². The highest BCUT2D eigenvalue weighted by Gasteiger charge is 2.29. The summed E-state index contributed by atoms with van der Waals surface area (Å²) in [6.07, 6.45) is 2.80. The van der Waals surface area contributed by atoms with Gasteiger partial charge >= 0.3 is 6.09 Å². The number of alkyl carbamates (subject to hydrolysis) is 1. The molecule has 4 amide bonds. The minimum Gasteiger partial charge on any atom is -0.444 e. The number of nitrogens with zero attached hydrogens (tertiary/aromatic N) is 2. The molecule has 0 spiro atoms. The number of piperidine rings is 1. The Hall–Kier alpha value is -4.70. The molecule has 0 radical (unpaired) electrons. The van der Waals surface area contributed by atoms with E-state index in [1.165, 1.54) is 5.56 Å². The summed E-state index contributed by atoms with van der Waals surface area (Å²) in [5.74, 6) is -1.03. The Labute approximate surface area is 284 Å². The van der Waals surface area contributed by atoms with Crippen molar-refractivity contribution in [3.05, 3.63) is 102 Å². The molecule has 4 rings (SSSR count). The first kappa shape index (κ1) is 36.1. The molecule has 3 aromatic rings. The molecule has 0 aliphatic carbocycles. The van der Waals surface area contributed by atoms with Gasteiger partial charge in [-0.15, -0.1) is 0 Å². The van der Waals surface area contributed by atoms with Crippen molar-refractivity contribution in [2.45, 2.75) is 83.4 Å². The number of hydrazine groups is 1. The maximum atomic E-state index is 13.6. The highest BCUT2D eigenvalue weighted by atomic mass is 16.6. The lowest BCUT2D eigenvalue weighted by atomic mass is 10.0. The molecule has 0 bridgehead atoms. The Morgan fingerprint density at radius 1 is 0.812 bits per heavy atom. The standard InChI is InChI=1S/C38H49N5O5/c1-38(2,3)48-37(47)39-33(28-30-16-9-5-10-17-30)36(46)41-40-34(44)20-13-21-35(45)43(31-18-11-6-12-19-31)32-23-26-42(27-24-32)25-22-29-14-7-4-8-15-29/h4-12,14-19,32-33H,13,20-28H2,1-3H3,(H,39,47)(H,40,44)(H,41,46)/t33-/m1/s1. The van der Waals surface area contributed by atoms with Crippen molar-refractivity contribution in [1.29, 1.82) is 0 Å². The molecule has 1 saturated heterocycles. The number of para-hydroxylation sites is 1. The average Bonchev–Trinajstić information content (AvgIpc) is 3.07. The lowest BCUT2D eigenvalue weighted by Crippen LogP contribution is -2.53. The summed E-state index contributed by atoms with van der Waals surface area (Å²) in [6, 6.07) is 28.6. The largest absolute Gasteiger partial charge is 0.444 e. The van der Waals surface area contributed by atoms with E-state index in [9.17, 15) is 19.2 Å². The average molecular weight is 656 g/mol. The molecule has 0 aromatic heterocycles. The third-order valence-electron chi connectivity index (χ3n) is 8.19. The molecule has 3 N–H and O–H groups in total. The van der Waals surface area contributed by atoms with E-state index >= 15 is 0 Å². The number of anilines is 1. The second kappa shape index (κ2) is 18.0. The van der Waals surface area contributed by atoms with Gasteiger partial charge in [-0.2, -0.15) is 0 Å². The number of likely N-dealkylation sites (tertiary alicyclic amines) is 1. The van der Waals surface area contributed by atoms with Crippen LogP contribution in [0.3, 0.4) is 0 Å². The summed E-state index contributed by atoms with van der Waals surface area (Å²) < 4.78 is 5.33. The van der Waals surface area contributed by atoms with Gasteiger partial charge in [-0.1, -0.05) is 78.9 Å². The Morgan fingerprint density at radius 2 is 1.40 bits per heavy atom. The van der Waals surface area contributed by atoms with Crippen LogP contribution < -0.4 is 21.1 Å². The molecule has 1 fully saturated rings. The fraction of sp³-hybridized carbons (Fsp3) is 0.421. The lowest BCUT2D eigenvalue weighted by molar-refractivity contribution is -0.130. The Balaban J connectivity index is 1.26. The molecular weight excluding hydrogens is 606 g/mol. The van der Waals surface area contributed by atoms with Crippen LogP contribution >= 0.6 is 0 Å². The van der Waals surface area contributed by atoms with Crippen molar-refractivity contribution < 1.29 is 23.9 Å². The van der Waals surface area contributed by atoms with Crippen LogP contribution in [0.4, 0.5) is 10.5 Å². The van der Waals surface area contributed by atoms with Crippen LogP contribution in [0.5, 0.6) is 0 Å². The van der Waals surface area contributed by atoms with E-state index in [1.807, 2.05) is 71.6 Å². The number of hydrogen-bond acceptors (Lipinski definition) is 6. The summed E-state index contributed by atoms with van der Waals surface area (Å²) in [5, 5.41) is 2.60. The SMILES string of the molecule is CC(C)(C)OC(=O)N[C@H](Cc1ccccc1)C(=O)NNC(=O)CCCC(=O)N(c1ccccc1)C1CCN(CCc2ccccc2)CC1. The van der Waals surface area contributed by atoms with E-state index in [2.05, 4.69) is 45.3 Å². The number of benzene rings is 3. The minimum atomic E-state index is -0.978. The summed E-state index contributed by atoms with van der Waals surface area (Å²) in [6.45, 7) is 8.04. The summed E-state index contributed by atoms with van der Waals surface area (Å²) in [7, 11) is 0. The van der Waals surface area contributed by atoms with E-state index in [4.69, 9.17) is 4.74 Å². The summed E-state index contributed by atoms with van der Waals surface area (Å²) in [4.78, 5) is 56.1. The third kappa shape index (κ3) is 12.2. The zero-order chi connectivity index (χ0) is 34.4. The Bertz CT molecular complexity index is 1460. The maximum absolute atomic E-state index is 13.6. The first-order valence-corrected chi connectivity index (χ1v) is 16.8. The van der Waals surface area contributed by atoms with Gasteiger partial charge in [0.15, 0.2) is 0 Å². The third-order valence-corrected chi connectivity index (χ3v) is 8.19. The van der Waals surface area contributed by atoms with Crippen molar-refractivity contribution in [2.24, 2.45) is 0 Å². The molecule has 1 atom stereocenters. The molecule has 0 unspecified atom stereocenters. The van der Waals surface area contributed by atoms with Crippen LogP contribution in [-0.4, -0.2) is 66.0 Å². The van der Waals surface area contributed by atoms with E-state index < -0.39 is 29.6 Å². The van der Waals surface area contributed by atoms with Gasteiger partial charge in [-0.05, 0) is 69.7 Å². The van der Waals surface area contributed by atoms with Gasteiger partial charge in [0.1, 0.15) is 11.6 Å². The van der Waals surface area contributed by atoms with Gasteiger partial charge in [0.2, 0.25) is 11.8 Å². The zero-order valence-corrected chi connectivity index (χ0v) is 28.3. The van der Waals surface area contributed by atoms with Crippen molar-refractivity contribution in [1.82, 2.24) is 21.1 Å². The lowest BCUT2D eigenvalue weighted by Gasteiger charge is -2.38. The monoisotopic (exact) mass is 655 g/mol. The maximum Gasteiger partial charge on any atom is 0.408 e. The van der Waals surface area contributed by atoms with Crippen LogP contribution in [0.2, 0.25) is 0 Å². The van der Waals surface area contributed by atoms with Gasteiger partial charge in [-0.25, -0.2) is 4.79 Å². The fourth-order valence-corrected chi connectivity index (χ4v) is 5.79. The van der Waals surface area contributed by atoms with Gasteiger partial charge in [-0.3, -0.25) is 25.2 Å². The minimum absolute atomic E-state index is 0.0229. The van der Waals surface area contributed by atoms with Crippen LogP contribution in [0.15, 0.2) is 91.0 Å². The molecule has 1 aliphatic rings. The van der Waals surface area contributed by atoms with Gasteiger partial charge in [0.05, 0.1) is 0 Å². The first-order valence-electron chi connectivity index (χ1n) is 16.8. The van der Waals surface area contributed by atoms with Gasteiger partial charge in [0, 0.05) is 50.6 Å².